The van der Waals surface area contributed by atoms with Crippen LogP contribution in [0.15, 0.2) is 12.2 Å². The molecule has 0 aromatic carbocycles. The first-order chi connectivity index (χ1) is 2.77. The summed E-state index contributed by atoms with van der Waals surface area (Å²) >= 11 is 0. The predicted molar refractivity (Wildman–Crippen MR) is 37.6 cm³/mol. The summed E-state index contributed by atoms with van der Waals surface area (Å²) in [7, 11) is 0. The topological polar surface area (TPSA) is 0 Å². The van der Waals surface area contributed by atoms with Crippen molar-refractivity contribution in [2.45, 2.75) is 20.8 Å². The summed E-state index contributed by atoms with van der Waals surface area (Å²) in [6, 6.07) is 0. The van der Waals surface area contributed by atoms with Gasteiger partial charge in [0.2, 0.25) is 0 Å². The van der Waals surface area contributed by atoms with E-state index in [4.69, 9.17) is 0 Å². The average Bonchev–Trinajstić information content (AvgIpc) is 1.35. The molecule has 0 radical (unpaired) electrons. The van der Waals surface area contributed by atoms with Gasteiger partial charge in [0.05, 0.1) is 0 Å². The van der Waals surface area contributed by atoms with E-state index in [0.29, 0.717) is 0 Å². The molecule has 0 spiro atoms. The standard InChI is InChI=1S/C6H12.Be.2H/c1-4-5-6(2)3;;;/h4-6H,1-3H3;;;/q;+2;2*-1/b5-4+;;;. The molecular weight excluding hydrogens is 81.1 g/mol. The van der Waals surface area contributed by atoms with Gasteiger partial charge in [-0.15, -0.1) is 0 Å². The van der Waals surface area contributed by atoms with Gasteiger partial charge in [-0.25, -0.2) is 0 Å². The summed E-state index contributed by atoms with van der Waals surface area (Å²) in [6.07, 6.45) is 4.24. The molecule has 7 heavy (non-hydrogen) atoms. The first-order valence-corrected chi connectivity index (χ1v) is 2.40. The second kappa shape index (κ2) is 5.91. The van der Waals surface area contributed by atoms with Crippen molar-refractivity contribution in [2.24, 2.45) is 5.92 Å². The van der Waals surface area contributed by atoms with Crippen molar-refractivity contribution < 1.29 is 2.85 Å². The van der Waals surface area contributed by atoms with Gasteiger partial charge in [-0.3, -0.25) is 0 Å². The Kier molecular flexibility index (Phi) is 8.45. The van der Waals surface area contributed by atoms with E-state index in [9.17, 15) is 0 Å². The summed E-state index contributed by atoms with van der Waals surface area (Å²) in [5, 5.41) is 0. The Labute approximate surface area is 52.8 Å². The quantitative estimate of drug-likeness (QED) is 0.345. The third-order valence-corrected chi connectivity index (χ3v) is 0.577. The first-order valence-electron chi connectivity index (χ1n) is 2.40. The molecule has 40 valence electrons. The first kappa shape index (κ1) is 10.0. The Morgan fingerprint density at radius 1 is 1.43 bits per heavy atom. The van der Waals surface area contributed by atoms with Crippen LogP contribution >= 0.6 is 0 Å². The summed E-state index contributed by atoms with van der Waals surface area (Å²) < 4.78 is 0. The fourth-order valence-corrected chi connectivity index (χ4v) is 0.385. The summed E-state index contributed by atoms with van der Waals surface area (Å²) in [6.45, 7) is 6.38. The average molecular weight is 95.2 g/mol. The van der Waals surface area contributed by atoms with Crippen molar-refractivity contribution in [1.29, 1.82) is 0 Å². The monoisotopic (exact) mass is 95.1 g/mol. The minimum Gasteiger partial charge on any atom is -1.00 e. The van der Waals surface area contributed by atoms with Crippen LogP contribution in [0.4, 0.5) is 0 Å². The molecule has 0 N–H and O–H groups in total. The van der Waals surface area contributed by atoms with Gasteiger partial charge in [0.25, 0.3) is 0 Å². The van der Waals surface area contributed by atoms with Gasteiger partial charge >= 0.3 is 10.1 Å². The normalized spacial score (nSPS) is 9.71. The third kappa shape index (κ3) is 10.7. The van der Waals surface area contributed by atoms with Crippen molar-refractivity contribution in [3.63, 3.8) is 0 Å². The Hall–Kier alpha value is -0.0912. The molecule has 0 aliphatic carbocycles. The largest absolute Gasteiger partial charge is 2.00 e. The Balaban J connectivity index is -0.0000000417. The van der Waals surface area contributed by atoms with Gasteiger partial charge in [-0.05, 0) is 12.8 Å². The molecule has 1 heteroatoms. The summed E-state index contributed by atoms with van der Waals surface area (Å²) in [5.41, 5.74) is 0. The van der Waals surface area contributed by atoms with Crippen molar-refractivity contribution >= 4 is 10.1 Å². The van der Waals surface area contributed by atoms with E-state index in [1.165, 1.54) is 0 Å². The van der Waals surface area contributed by atoms with Crippen LogP contribution < -0.4 is 0 Å². The maximum absolute atomic E-state index is 2.17. The van der Waals surface area contributed by atoms with E-state index < -0.39 is 0 Å². The molecule has 0 saturated carbocycles. The summed E-state index contributed by atoms with van der Waals surface area (Å²) in [4.78, 5) is 0. The maximum Gasteiger partial charge on any atom is 2.00 e. The molecule has 0 fully saturated rings. The molecule has 0 aromatic rings. The predicted octanol–water partition coefficient (Wildman–Crippen LogP) is 2.06. The van der Waals surface area contributed by atoms with Crippen LogP contribution in [-0.2, 0) is 0 Å². The van der Waals surface area contributed by atoms with E-state index in [1.807, 2.05) is 6.92 Å². The third-order valence-electron chi connectivity index (χ3n) is 0.577. The van der Waals surface area contributed by atoms with E-state index in [1.54, 1.807) is 0 Å². The zero-order valence-electron chi connectivity index (χ0n) is 7.44. The van der Waals surface area contributed by atoms with Crippen molar-refractivity contribution in [1.82, 2.24) is 0 Å². The number of allylic oxidation sites excluding steroid dienone is 2. The van der Waals surface area contributed by atoms with Crippen LogP contribution in [0.1, 0.15) is 23.6 Å². The Morgan fingerprint density at radius 3 is 1.86 bits per heavy atom. The van der Waals surface area contributed by atoms with Crippen LogP contribution in [0.25, 0.3) is 0 Å². The van der Waals surface area contributed by atoms with Crippen LogP contribution in [0, 0.1) is 5.92 Å². The second-order valence-corrected chi connectivity index (χ2v) is 1.77. The minimum atomic E-state index is 0. The fraction of sp³-hybridized carbons (Fsp3) is 0.667. The van der Waals surface area contributed by atoms with Gasteiger partial charge in [0.1, 0.15) is 0 Å². The molecule has 0 nitrogen and oxygen atoms in total. The number of rotatable bonds is 1. The van der Waals surface area contributed by atoms with Crippen LogP contribution in [-0.4, -0.2) is 10.1 Å². The van der Waals surface area contributed by atoms with Crippen LogP contribution in [0.5, 0.6) is 0 Å². The van der Waals surface area contributed by atoms with Crippen molar-refractivity contribution in [2.75, 3.05) is 0 Å². The molecule has 0 aromatic heterocycles. The maximum atomic E-state index is 2.17. The number of hydrogen-bond donors (Lipinski definition) is 0. The van der Waals surface area contributed by atoms with Crippen LogP contribution in [0.3, 0.4) is 0 Å². The Bertz CT molecular complexity index is 53.0. The Morgan fingerprint density at radius 2 is 1.86 bits per heavy atom. The molecule has 0 aliphatic rings. The van der Waals surface area contributed by atoms with E-state index in [2.05, 4.69) is 26.0 Å². The molecule has 0 rings (SSSR count). The van der Waals surface area contributed by atoms with E-state index in [0.717, 1.165) is 5.92 Å². The molecule has 0 aliphatic heterocycles. The van der Waals surface area contributed by atoms with Gasteiger partial charge in [-0.2, -0.15) is 0 Å². The van der Waals surface area contributed by atoms with Gasteiger partial charge in [0, 0.05) is 0 Å². The van der Waals surface area contributed by atoms with E-state index >= 15 is 0 Å². The summed E-state index contributed by atoms with van der Waals surface area (Å²) in [5.74, 6) is 0.718. The van der Waals surface area contributed by atoms with Crippen molar-refractivity contribution in [3.8, 4) is 0 Å². The molecule has 0 amide bonds. The smallest absolute Gasteiger partial charge is 1.00 e. The molecular formula is C6H14Be. The molecule has 0 heterocycles. The van der Waals surface area contributed by atoms with Crippen molar-refractivity contribution in [3.05, 3.63) is 12.2 Å². The SMILES string of the molecule is C/C=C/C(C)C.[Be+2].[H-].[H-]. The number of hydrogen-bond acceptors (Lipinski definition) is 0. The molecule has 0 saturated heterocycles. The van der Waals surface area contributed by atoms with Gasteiger partial charge in [0.15, 0.2) is 0 Å². The van der Waals surface area contributed by atoms with E-state index in [-0.39, 0.29) is 13.0 Å². The van der Waals surface area contributed by atoms with Gasteiger partial charge in [-0.1, -0.05) is 26.0 Å². The molecule has 0 atom stereocenters. The minimum absolute atomic E-state index is 0. The second-order valence-electron chi connectivity index (χ2n) is 1.77. The van der Waals surface area contributed by atoms with Gasteiger partial charge < -0.3 is 2.85 Å². The fourth-order valence-electron chi connectivity index (χ4n) is 0.385. The zero-order valence-corrected chi connectivity index (χ0v) is 5.44. The molecule has 0 bridgehead atoms. The van der Waals surface area contributed by atoms with Crippen LogP contribution in [0.2, 0.25) is 0 Å². The zero-order chi connectivity index (χ0) is 4.99. The molecule has 0 unspecified atom stereocenters.